The number of anilines is 1. The van der Waals surface area contributed by atoms with Crippen LogP contribution in [0.1, 0.15) is 13.8 Å². The normalized spacial score (nSPS) is 10.1. The van der Waals surface area contributed by atoms with Gasteiger partial charge in [-0.1, -0.05) is 0 Å². The zero-order valence-corrected chi connectivity index (χ0v) is 10.9. The average Bonchev–Trinajstić information content (AvgIpc) is 2.38. The van der Waals surface area contributed by atoms with E-state index in [4.69, 9.17) is 15.2 Å². The minimum absolute atomic E-state index is 0.501. The molecule has 1 rings (SSSR count). The van der Waals surface area contributed by atoms with Gasteiger partial charge in [-0.25, -0.2) is 0 Å². The van der Waals surface area contributed by atoms with Gasteiger partial charge in [-0.15, -0.1) is 0 Å². The van der Waals surface area contributed by atoms with Crippen LogP contribution in [0.2, 0.25) is 0 Å². The fraction of sp³-hybridized carbons (Fsp3) is 0.538. The Kier molecular flexibility index (Phi) is 5.63. The van der Waals surface area contributed by atoms with Crippen molar-refractivity contribution in [1.82, 2.24) is 0 Å². The molecule has 2 N–H and O–H groups in total. The smallest absolute Gasteiger partial charge is 0.162 e. The van der Waals surface area contributed by atoms with Gasteiger partial charge in [-0.05, 0) is 26.0 Å². The van der Waals surface area contributed by atoms with E-state index in [0.717, 1.165) is 30.3 Å². The highest BCUT2D eigenvalue weighted by Crippen LogP contribution is 2.31. The SMILES string of the molecule is CCN(CC)c1ccc(OCCN)c(OC)c1. The number of hydrogen-bond donors (Lipinski definition) is 1. The molecule has 0 spiro atoms. The lowest BCUT2D eigenvalue weighted by atomic mass is 10.2. The number of nitrogens with zero attached hydrogens (tertiary/aromatic N) is 1. The summed E-state index contributed by atoms with van der Waals surface area (Å²) in [6.07, 6.45) is 0. The molecule has 0 unspecified atom stereocenters. The lowest BCUT2D eigenvalue weighted by molar-refractivity contribution is 0.302. The zero-order valence-electron chi connectivity index (χ0n) is 10.9. The second-order valence-electron chi connectivity index (χ2n) is 3.64. The maximum Gasteiger partial charge on any atom is 0.162 e. The molecule has 0 heterocycles. The summed E-state index contributed by atoms with van der Waals surface area (Å²) in [4.78, 5) is 2.26. The average molecular weight is 238 g/mol. The molecule has 0 saturated carbocycles. The second kappa shape index (κ2) is 7.01. The Labute approximate surface area is 103 Å². The first kappa shape index (κ1) is 13.6. The molecule has 0 aromatic heterocycles. The van der Waals surface area contributed by atoms with E-state index in [9.17, 15) is 0 Å². The first-order valence-corrected chi connectivity index (χ1v) is 6.02. The molecule has 0 fully saturated rings. The Morgan fingerprint density at radius 1 is 1.18 bits per heavy atom. The van der Waals surface area contributed by atoms with E-state index in [1.54, 1.807) is 7.11 Å². The van der Waals surface area contributed by atoms with Crippen LogP contribution in [-0.2, 0) is 0 Å². The standard InChI is InChI=1S/C13H22N2O2/c1-4-15(5-2)11-6-7-12(17-9-8-14)13(10-11)16-3/h6-7,10H,4-5,8-9,14H2,1-3H3. The predicted molar refractivity (Wildman–Crippen MR) is 71.1 cm³/mol. The molecule has 0 bridgehead atoms. The van der Waals surface area contributed by atoms with Crippen LogP contribution in [0.3, 0.4) is 0 Å². The number of nitrogens with two attached hydrogens (primary N) is 1. The Morgan fingerprint density at radius 3 is 2.41 bits per heavy atom. The highest BCUT2D eigenvalue weighted by molar-refractivity contribution is 5.56. The summed E-state index contributed by atoms with van der Waals surface area (Å²) in [5.41, 5.74) is 6.56. The number of rotatable bonds is 7. The van der Waals surface area contributed by atoms with Crippen LogP contribution in [0.4, 0.5) is 5.69 Å². The van der Waals surface area contributed by atoms with Crippen LogP contribution in [0, 0.1) is 0 Å². The third kappa shape index (κ3) is 3.53. The van der Waals surface area contributed by atoms with E-state index in [-0.39, 0.29) is 0 Å². The second-order valence-corrected chi connectivity index (χ2v) is 3.64. The van der Waals surface area contributed by atoms with Crippen molar-refractivity contribution in [3.05, 3.63) is 18.2 Å². The minimum Gasteiger partial charge on any atom is -0.493 e. The van der Waals surface area contributed by atoms with Gasteiger partial charge in [-0.2, -0.15) is 0 Å². The van der Waals surface area contributed by atoms with Gasteiger partial charge in [0.1, 0.15) is 6.61 Å². The molecule has 0 atom stereocenters. The molecule has 0 aliphatic heterocycles. The monoisotopic (exact) mass is 238 g/mol. The van der Waals surface area contributed by atoms with Crippen LogP contribution in [0.25, 0.3) is 0 Å². The lowest BCUT2D eigenvalue weighted by Crippen LogP contribution is -2.21. The summed E-state index contributed by atoms with van der Waals surface area (Å²) in [6, 6.07) is 5.97. The molecule has 0 aliphatic carbocycles. The maximum atomic E-state index is 5.51. The molecular formula is C13H22N2O2. The molecule has 0 saturated heterocycles. The fourth-order valence-corrected chi connectivity index (χ4v) is 1.73. The van der Waals surface area contributed by atoms with Crippen molar-refractivity contribution in [2.45, 2.75) is 13.8 Å². The quantitative estimate of drug-likeness (QED) is 0.788. The van der Waals surface area contributed by atoms with E-state index in [1.165, 1.54) is 0 Å². The van der Waals surface area contributed by atoms with Gasteiger partial charge in [0.2, 0.25) is 0 Å². The van der Waals surface area contributed by atoms with Gasteiger partial charge in [-0.3, -0.25) is 0 Å². The van der Waals surface area contributed by atoms with Crippen molar-refractivity contribution in [2.24, 2.45) is 5.73 Å². The van der Waals surface area contributed by atoms with E-state index >= 15 is 0 Å². The number of methoxy groups -OCH3 is 1. The summed E-state index contributed by atoms with van der Waals surface area (Å²) >= 11 is 0. The van der Waals surface area contributed by atoms with E-state index < -0.39 is 0 Å². The minimum atomic E-state index is 0.501. The highest BCUT2D eigenvalue weighted by atomic mass is 16.5. The first-order valence-electron chi connectivity index (χ1n) is 6.02. The summed E-state index contributed by atoms with van der Waals surface area (Å²) < 4.78 is 10.8. The number of ether oxygens (including phenoxy) is 2. The van der Waals surface area contributed by atoms with Crippen LogP contribution in [0.15, 0.2) is 18.2 Å². The van der Waals surface area contributed by atoms with Gasteiger partial charge in [0.15, 0.2) is 11.5 Å². The van der Waals surface area contributed by atoms with Gasteiger partial charge in [0.25, 0.3) is 0 Å². The van der Waals surface area contributed by atoms with E-state index in [0.29, 0.717) is 13.2 Å². The summed E-state index contributed by atoms with van der Waals surface area (Å²) in [7, 11) is 1.65. The zero-order chi connectivity index (χ0) is 12.7. The largest absolute Gasteiger partial charge is 0.493 e. The van der Waals surface area contributed by atoms with Crippen molar-refractivity contribution in [3.8, 4) is 11.5 Å². The van der Waals surface area contributed by atoms with Crippen LogP contribution >= 0.6 is 0 Å². The molecule has 1 aromatic carbocycles. The van der Waals surface area contributed by atoms with Gasteiger partial charge < -0.3 is 20.1 Å². The third-order valence-electron chi connectivity index (χ3n) is 2.65. The molecule has 0 aliphatic rings. The molecule has 4 nitrogen and oxygen atoms in total. The molecule has 1 aromatic rings. The number of benzene rings is 1. The van der Waals surface area contributed by atoms with E-state index in [1.807, 2.05) is 18.2 Å². The van der Waals surface area contributed by atoms with Crippen molar-refractivity contribution >= 4 is 5.69 Å². The van der Waals surface area contributed by atoms with Crippen LogP contribution in [-0.4, -0.2) is 33.4 Å². The van der Waals surface area contributed by atoms with Gasteiger partial charge in [0.05, 0.1) is 7.11 Å². The molecule has 0 radical (unpaired) electrons. The Morgan fingerprint density at radius 2 is 1.88 bits per heavy atom. The topological polar surface area (TPSA) is 47.7 Å². The highest BCUT2D eigenvalue weighted by Gasteiger charge is 2.08. The molecule has 96 valence electrons. The van der Waals surface area contributed by atoms with Crippen molar-refractivity contribution in [3.63, 3.8) is 0 Å². The fourth-order valence-electron chi connectivity index (χ4n) is 1.73. The summed E-state index contributed by atoms with van der Waals surface area (Å²) in [5.74, 6) is 1.50. The van der Waals surface area contributed by atoms with Crippen molar-refractivity contribution in [1.29, 1.82) is 0 Å². The number of hydrogen-bond acceptors (Lipinski definition) is 4. The Hall–Kier alpha value is -1.42. The van der Waals surface area contributed by atoms with Gasteiger partial charge >= 0.3 is 0 Å². The van der Waals surface area contributed by atoms with Crippen molar-refractivity contribution < 1.29 is 9.47 Å². The summed E-state index contributed by atoms with van der Waals surface area (Å²) in [5, 5.41) is 0. The summed E-state index contributed by atoms with van der Waals surface area (Å²) in [6.45, 7) is 7.22. The maximum absolute atomic E-state index is 5.51. The lowest BCUT2D eigenvalue weighted by Gasteiger charge is -2.22. The molecular weight excluding hydrogens is 216 g/mol. The molecule has 4 heteroatoms. The molecule has 0 amide bonds. The molecule has 17 heavy (non-hydrogen) atoms. The van der Waals surface area contributed by atoms with Crippen LogP contribution < -0.4 is 20.1 Å². The Balaban J connectivity index is 2.90. The predicted octanol–water partition coefficient (Wildman–Crippen LogP) is 1.88. The van der Waals surface area contributed by atoms with E-state index in [2.05, 4.69) is 18.7 Å². The van der Waals surface area contributed by atoms with Gasteiger partial charge in [0, 0.05) is 31.4 Å². The first-order chi connectivity index (χ1) is 8.26. The van der Waals surface area contributed by atoms with Crippen molar-refractivity contribution in [2.75, 3.05) is 38.3 Å². The Bertz CT molecular complexity index is 338. The third-order valence-corrected chi connectivity index (χ3v) is 2.65. The van der Waals surface area contributed by atoms with Crippen LogP contribution in [0.5, 0.6) is 11.5 Å².